The van der Waals surface area contributed by atoms with Crippen LogP contribution >= 0.6 is 0 Å². The van der Waals surface area contributed by atoms with Gasteiger partial charge in [-0.05, 0) is 35.9 Å². The van der Waals surface area contributed by atoms with Crippen LogP contribution in [-0.4, -0.2) is 33.4 Å². The van der Waals surface area contributed by atoms with E-state index < -0.39 is 0 Å². The van der Waals surface area contributed by atoms with E-state index in [1.165, 1.54) is 0 Å². The Hall–Kier alpha value is -1.95. The van der Waals surface area contributed by atoms with Crippen LogP contribution in [-0.2, 0) is 11.3 Å². The summed E-state index contributed by atoms with van der Waals surface area (Å²) in [4.78, 5) is 0. The first kappa shape index (κ1) is 12.5. The summed E-state index contributed by atoms with van der Waals surface area (Å²) in [6.07, 6.45) is 0. The maximum atomic E-state index is 5.90. The lowest BCUT2D eigenvalue weighted by Crippen LogP contribution is -2.09. The third-order valence-electron chi connectivity index (χ3n) is 2.72. The summed E-state index contributed by atoms with van der Waals surface area (Å²) < 4.78 is 7.02. The summed E-state index contributed by atoms with van der Waals surface area (Å²) in [6, 6.07) is 5.82. The van der Waals surface area contributed by atoms with Gasteiger partial charge < -0.3 is 10.5 Å². The van der Waals surface area contributed by atoms with Crippen molar-refractivity contribution in [1.29, 1.82) is 0 Å². The number of hydrogen-bond acceptors (Lipinski definition) is 5. The van der Waals surface area contributed by atoms with Crippen LogP contribution in [0.15, 0.2) is 18.2 Å². The van der Waals surface area contributed by atoms with E-state index in [-0.39, 0.29) is 0 Å². The topological polar surface area (TPSA) is 78.8 Å². The normalized spacial score (nSPS) is 10.8. The largest absolute Gasteiger partial charge is 0.398 e. The molecule has 0 amide bonds. The van der Waals surface area contributed by atoms with Gasteiger partial charge in [-0.3, -0.25) is 0 Å². The number of ether oxygens (including phenoxy) is 1. The minimum absolute atomic E-state index is 0.593. The first-order valence-corrected chi connectivity index (χ1v) is 5.92. The predicted octanol–water partition coefficient (Wildman–Crippen LogP) is 1.27. The number of benzene rings is 1. The number of nitrogen functional groups attached to an aromatic ring is 1. The van der Waals surface area contributed by atoms with Gasteiger partial charge in [-0.1, -0.05) is 12.1 Å². The monoisotopic (exact) mass is 247 g/mol. The lowest BCUT2D eigenvalue weighted by Gasteiger charge is -2.06. The van der Waals surface area contributed by atoms with Crippen molar-refractivity contribution >= 4 is 5.69 Å². The van der Waals surface area contributed by atoms with Gasteiger partial charge in [0.05, 0.1) is 13.2 Å². The Morgan fingerprint density at radius 3 is 2.94 bits per heavy atom. The first-order chi connectivity index (χ1) is 8.72. The molecule has 96 valence electrons. The Morgan fingerprint density at radius 1 is 1.39 bits per heavy atom. The summed E-state index contributed by atoms with van der Waals surface area (Å²) in [5.74, 6) is 0.710. The van der Waals surface area contributed by atoms with Crippen molar-refractivity contribution in [3.8, 4) is 11.4 Å². The first-order valence-electron chi connectivity index (χ1n) is 5.92. The van der Waals surface area contributed by atoms with Crippen LogP contribution < -0.4 is 5.73 Å². The van der Waals surface area contributed by atoms with Crippen molar-refractivity contribution in [3.63, 3.8) is 0 Å². The highest BCUT2D eigenvalue weighted by Gasteiger charge is 2.09. The quantitative estimate of drug-likeness (QED) is 0.635. The van der Waals surface area contributed by atoms with Crippen LogP contribution in [0, 0.1) is 6.92 Å². The Kier molecular flexibility index (Phi) is 3.88. The molecule has 2 aromatic rings. The third-order valence-corrected chi connectivity index (χ3v) is 2.72. The Labute approximate surface area is 106 Å². The lowest BCUT2D eigenvalue weighted by molar-refractivity contribution is 0.136. The fraction of sp³-hybridized carbons (Fsp3) is 0.417. The maximum absolute atomic E-state index is 5.90. The van der Waals surface area contributed by atoms with Crippen LogP contribution in [0.25, 0.3) is 11.4 Å². The van der Waals surface area contributed by atoms with Gasteiger partial charge in [-0.25, -0.2) is 4.68 Å². The van der Waals surface area contributed by atoms with Gasteiger partial charge in [0, 0.05) is 17.9 Å². The van der Waals surface area contributed by atoms with Gasteiger partial charge in [0.2, 0.25) is 0 Å². The van der Waals surface area contributed by atoms with Gasteiger partial charge >= 0.3 is 0 Å². The minimum Gasteiger partial charge on any atom is -0.398 e. The highest BCUT2D eigenvalue weighted by atomic mass is 16.5. The fourth-order valence-electron chi connectivity index (χ4n) is 1.64. The van der Waals surface area contributed by atoms with Gasteiger partial charge in [-0.2, -0.15) is 0 Å². The number of tetrazole rings is 1. The van der Waals surface area contributed by atoms with Crippen LogP contribution in [0.2, 0.25) is 0 Å². The zero-order chi connectivity index (χ0) is 13.0. The molecular weight excluding hydrogens is 230 g/mol. The highest BCUT2D eigenvalue weighted by Crippen LogP contribution is 2.21. The lowest BCUT2D eigenvalue weighted by atomic mass is 10.1. The molecule has 2 N–H and O–H groups in total. The van der Waals surface area contributed by atoms with E-state index in [1.807, 2.05) is 32.0 Å². The molecule has 0 saturated carbocycles. The molecule has 0 atom stereocenters. The maximum Gasteiger partial charge on any atom is 0.182 e. The smallest absolute Gasteiger partial charge is 0.182 e. The van der Waals surface area contributed by atoms with Crippen molar-refractivity contribution in [2.45, 2.75) is 20.4 Å². The number of aromatic nitrogens is 4. The molecule has 0 radical (unpaired) electrons. The number of rotatable bonds is 5. The van der Waals surface area contributed by atoms with Crippen LogP contribution in [0.3, 0.4) is 0 Å². The van der Waals surface area contributed by atoms with E-state index in [2.05, 4.69) is 15.5 Å². The van der Waals surface area contributed by atoms with Crippen molar-refractivity contribution in [1.82, 2.24) is 20.2 Å². The number of nitrogens with two attached hydrogens (primary N) is 1. The second kappa shape index (κ2) is 5.59. The molecule has 18 heavy (non-hydrogen) atoms. The molecule has 6 heteroatoms. The SMILES string of the molecule is CCOCCn1nnnc1-c1ccc(C)c(N)c1. The zero-order valence-corrected chi connectivity index (χ0v) is 10.6. The molecule has 0 saturated heterocycles. The van der Waals surface area contributed by atoms with E-state index in [0.717, 1.165) is 16.8 Å². The molecule has 0 aliphatic heterocycles. The number of hydrogen-bond donors (Lipinski definition) is 1. The molecule has 0 bridgehead atoms. The third kappa shape index (κ3) is 2.65. The standard InChI is InChI=1S/C12H17N5O/c1-3-18-7-6-17-12(14-15-16-17)10-5-4-9(2)11(13)8-10/h4-5,8H,3,6-7,13H2,1-2H3. The Morgan fingerprint density at radius 2 is 2.22 bits per heavy atom. The van der Waals surface area contributed by atoms with E-state index in [1.54, 1.807) is 4.68 Å². The summed E-state index contributed by atoms with van der Waals surface area (Å²) in [6.45, 7) is 5.84. The molecule has 0 unspecified atom stereocenters. The summed E-state index contributed by atoms with van der Waals surface area (Å²) >= 11 is 0. The second-order valence-corrected chi connectivity index (χ2v) is 3.99. The van der Waals surface area contributed by atoms with Crippen molar-refractivity contribution in [3.05, 3.63) is 23.8 Å². The van der Waals surface area contributed by atoms with Gasteiger partial charge in [0.25, 0.3) is 0 Å². The van der Waals surface area contributed by atoms with E-state index in [4.69, 9.17) is 10.5 Å². The molecule has 1 heterocycles. The molecule has 1 aromatic heterocycles. The zero-order valence-electron chi connectivity index (χ0n) is 10.6. The van der Waals surface area contributed by atoms with E-state index >= 15 is 0 Å². The van der Waals surface area contributed by atoms with Crippen molar-refractivity contribution in [2.24, 2.45) is 0 Å². The fourth-order valence-corrected chi connectivity index (χ4v) is 1.64. The Balaban J connectivity index is 2.22. The summed E-state index contributed by atoms with van der Waals surface area (Å²) in [5.41, 5.74) is 8.60. The number of nitrogens with zero attached hydrogens (tertiary/aromatic N) is 4. The molecule has 0 aliphatic carbocycles. The second-order valence-electron chi connectivity index (χ2n) is 3.99. The van der Waals surface area contributed by atoms with Gasteiger partial charge in [0.15, 0.2) is 5.82 Å². The summed E-state index contributed by atoms with van der Waals surface area (Å²) in [5, 5.41) is 11.7. The molecule has 2 rings (SSSR count). The molecule has 6 nitrogen and oxygen atoms in total. The average Bonchev–Trinajstić information content (AvgIpc) is 2.81. The summed E-state index contributed by atoms with van der Waals surface area (Å²) in [7, 11) is 0. The highest BCUT2D eigenvalue weighted by molar-refractivity contribution is 5.63. The van der Waals surface area contributed by atoms with E-state index in [9.17, 15) is 0 Å². The minimum atomic E-state index is 0.593. The molecular formula is C12H17N5O. The number of aryl methyl sites for hydroxylation is 1. The average molecular weight is 247 g/mol. The van der Waals surface area contributed by atoms with Crippen LogP contribution in [0.5, 0.6) is 0 Å². The molecule has 0 aliphatic rings. The molecule has 1 aromatic carbocycles. The van der Waals surface area contributed by atoms with Crippen molar-refractivity contribution in [2.75, 3.05) is 18.9 Å². The van der Waals surface area contributed by atoms with Gasteiger partial charge in [0.1, 0.15) is 0 Å². The molecule has 0 spiro atoms. The predicted molar refractivity (Wildman–Crippen MR) is 68.9 cm³/mol. The van der Waals surface area contributed by atoms with Crippen molar-refractivity contribution < 1.29 is 4.74 Å². The van der Waals surface area contributed by atoms with Crippen LogP contribution in [0.1, 0.15) is 12.5 Å². The van der Waals surface area contributed by atoms with Crippen LogP contribution in [0.4, 0.5) is 5.69 Å². The number of anilines is 1. The Bertz CT molecular complexity index is 523. The van der Waals surface area contributed by atoms with E-state index in [0.29, 0.717) is 25.6 Å². The van der Waals surface area contributed by atoms with Gasteiger partial charge in [-0.15, -0.1) is 5.10 Å². The molecule has 0 fully saturated rings.